The maximum atomic E-state index is 11.8. The number of rotatable bonds is 3. The van der Waals surface area contributed by atoms with Gasteiger partial charge in [-0.1, -0.05) is 44.2 Å². The third-order valence-corrected chi connectivity index (χ3v) is 2.21. The van der Waals surface area contributed by atoms with Gasteiger partial charge >= 0.3 is 0 Å². The second-order valence-electron chi connectivity index (χ2n) is 3.32. The highest BCUT2D eigenvalue weighted by Crippen LogP contribution is 2.06. The largest absolute Gasteiger partial charge is 0.294 e. The lowest BCUT2D eigenvalue weighted by atomic mass is 10.0. The number of benzene rings is 1. The lowest BCUT2D eigenvalue weighted by Gasteiger charge is -2.00. The molecule has 0 atom stereocenters. The lowest BCUT2D eigenvalue weighted by molar-refractivity contribution is 0.0993. The molecule has 0 radical (unpaired) electrons. The average Bonchev–Trinajstić information content (AvgIpc) is 2.43. The summed E-state index contributed by atoms with van der Waals surface area (Å²) in [4.78, 5) is 15.7. The van der Waals surface area contributed by atoms with Crippen LogP contribution in [0.3, 0.4) is 0 Å². The molecule has 0 saturated heterocycles. The number of ketones is 1. The van der Waals surface area contributed by atoms with E-state index in [1.54, 1.807) is 24.5 Å². The number of aromatic nitrogens is 1. The minimum atomic E-state index is 0.128. The van der Waals surface area contributed by atoms with E-state index in [-0.39, 0.29) is 5.78 Å². The molecule has 0 unspecified atom stereocenters. The molecule has 1 aromatic carbocycles. The Morgan fingerprint density at radius 3 is 2.18 bits per heavy atom. The van der Waals surface area contributed by atoms with Crippen LogP contribution in [-0.2, 0) is 6.42 Å². The third kappa shape index (κ3) is 4.19. The molecule has 2 heteroatoms. The van der Waals surface area contributed by atoms with Crippen LogP contribution in [0.5, 0.6) is 0 Å². The number of hydrogen-bond donors (Lipinski definition) is 0. The zero-order chi connectivity index (χ0) is 12.5. The van der Waals surface area contributed by atoms with Crippen LogP contribution in [0.1, 0.15) is 29.8 Å². The average molecular weight is 227 g/mol. The number of Topliss-reactive ketones (excluding diaryl/α,β-unsaturated/α-hetero) is 1. The van der Waals surface area contributed by atoms with Crippen LogP contribution in [0.2, 0.25) is 0 Å². The number of nitrogens with zero attached hydrogens (tertiary/aromatic N) is 1. The normalized spacial score (nSPS) is 9.06. The maximum Gasteiger partial charge on any atom is 0.167 e. The van der Waals surface area contributed by atoms with Gasteiger partial charge in [-0.2, -0.15) is 0 Å². The van der Waals surface area contributed by atoms with E-state index < -0.39 is 0 Å². The van der Waals surface area contributed by atoms with Gasteiger partial charge in [0.2, 0.25) is 0 Å². The molecule has 1 heterocycles. The number of carbonyl (C=O) groups excluding carboxylic acids is 1. The molecule has 0 aliphatic rings. The van der Waals surface area contributed by atoms with Crippen LogP contribution < -0.4 is 0 Å². The Labute approximate surface area is 102 Å². The van der Waals surface area contributed by atoms with Crippen molar-refractivity contribution in [1.29, 1.82) is 0 Å². The van der Waals surface area contributed by atoms with Crippen molar-refractivity contribution in [1.82, 2.24) is 4.98 Å². The van der Waals surface area contributed by atoms with Crippen LogP contribution in [0.4, 0.5) is 0 Å². The topological polar surface area (TPSA) is 30.0 Å². The van der Waals surface area contributed by atoms with Gasteiger partial charge in [-0.15, -0.1) is 0 Å². The fourth-order valence-electron chi connectivity index (χ4n) is 1.42. The molecule has 17 heavy (non-hydrogen) atoms. The molecule has 2 rings (SSSR count). The van der Waals surface area contributed by atoms with Gasteiger partial charge in [0, 0.05) is 24.4 Å². The quantitative estimate of drug-likeness (QED) is 0.751. The fraction of sp³-hybridized carbons (Fsp3) is 0.200. The molecule has 88 valence electrons. The van der Waals surface area contributed by atoms with E-state index in [0.717, 1.165) is 5.56 Å². The van der Waals surface area contributed by atoms with Crippen LogP contribution in [0.25, 0.3) is 0 Å². The van der Waals surface area contributed by atoms with Crippen molar-refractivity contribution in [2.75, 3.05) is 0 Å². The molecule has 0 aliphatic carbocycles. The van der Waals surface area contributed by atoms with E-state index in [1.165, 1.54) is 0 Å². The molecule has 0 fully saturated rings. The molecule has 0 aliphatic heterocycles. The molecular formula is C15H17NO. The van der Waals surface area contributed by atoms with Gasteiger partial charge in [0.25, 0.3) is 0 Å². The van der Waals surface area contributed by atoms with E-state index in [1.807, 2.05) is 44.2 Å². The van der Waals surface area contributed by atoms with Crippen LogP contribution in [0.15, 0.2) is 54.9 Å². The minimum absolute atomic E-state index is 0.128. The summed E-state index contributed by atoms with van der Waals surface area (Å²) < 4.78 is 0. The van der Waals surface area contributed by atoms with Gasteiger partial charge in [-0.25, -0.2) is 0 Å². The summed E-state index contributed by atoms with van der Waals surface area (Å²) in [5.74, 6) is 0.128. The second-order valence-corrected chi connectivity index (χ2v) is 3.32. The SMILES string of the molecule is CC.O=C(Cc1ccccc1)c1ccncc1. The highest BCUT2D eigenvalue weighted by Gasteiger charge is 2.05. The van der Waals surface area contributed by atoms with Crippen molar-refractivity contribution in [3.8, 4) is 0 Å². The first-order chi connectivity index (χ1) is 8.36. The van der Waals surface area contributed by atoms with E-state index in [4.69, 9.17) is 0 Å². The molecule has 0 N–H and O–H groups in total. The Balaban J connectivity index is 0.000000686. The predicted molar refractivity (Wildman–Crippen MR) is 70.1 cm³/mol. The summed E-state index contributed by atoms with van der Waals surface area (Å²) >= 11 is 0. The van der Waals surface area contributed by atoms with E-state index in [2.05, 4.69) is 4.98 Å². The smallest absolute Gasteiger partial charge is 0.167 e. The van der Waals surface area contributed by atoms with Crippen molar-refractivity contribution in [2.45, 2.75) is 20.3 Å². The number of carbonyl (C=O) groups is 1. The molecule has 2 aromatic rings. The molecule has 0 amide bonds. The van der Waals surface area contributed by atoms with Gasteiger partial charge in [0.15, 0.2) is 5.78 Å². The number of hydrogen-bond acceptors (Lipinski definition) is 2. The van der Waals surface area contributed by atoms with Crippen molar-refractivity contribution in [3.05, 3.63) is 66.0 Å². The summed E-state index contributed by atoms with van der Waals surface area (Å²) in [6, 6.07) is 13.2. The second kappa shape index (κ2) is 7.34. The van der Waals surface area contributed by atoms with Crippen molar-refractivity contribution in [3.63, 3.8) is 0 Å². The summed E-state index contributed by atoms with van der Waals surface area (Å²) in [6.07, 6.45) is 3.72. The summed E-state index contributed by atoms with van der Waals surface area (Å²) in [5, 5.41) is 0. The first-order valence-electron chi connectivity index (χ1n) is 5.83. The Hall–Kier alpha value is -1.96. The minimum Gasteiger partial charge on any atom is -0.294 e. The Bertz CT molecular complexity index is 437. The molecule has 2 nitrogen and oxygen atoms in total. The van der Waals surface area contributed by atoms with E-state index in [0.29, 0.717) is 12.0 Å². The molecule has 0 spiro atoms. The predicted octanol–water partition coefficient (Wildman–Crippen LogP) is 3.53. The van der Waals surface area contributed by atoms with Gasteiger partial charge in [-0.3, -0.25) is 9.78 Å². The standard InChI is InChI=1S/C13H11NO.C2H6/c15-13(12-6-8-14-9-7-12)10-11-4-2-1-3-5-11;1-2/h1-9H,10H2;1-2H3. The van der Waals surface area contributed by atoms with Crippen LogP contribution >= 0.6 is 0 Å². The van der Waals surface area contributed by atoms with Gasteiger partial charge in [0.1, 0.15) is 0 Å². The van der Waals surface area contributed by atoms with Gasteiger partial charge in [0.05, 0.1) is 0 Å². The summed E-state index contributed by atoms with van der Waals surface area (Å²) in [6.45, 7) is 4.00. The Kier molecular flexibility index (Phi) is 5.66. The molecule has 0 bridgehead atoms. The van der Waals surface area contributed by atoms with E-state index >= 15 is 0 Å². The number of pyridine rings is 1. The summed E-state index contributed by atoms with van der Waals surface area (Å²) in [7, 11) is 0. The third-order valence-electron chi connectivity index (χ3n) is 2.21. The van der Waals surface area contributed by atoms with Gasteiger partial charge in [-0.05, 0) is 17.7 Å². The summed E-state index contributed by atoms with van der Waals surface area (Å²) in [5.41, 5.74) is 1.76. The molecule has 1 aromatic heterocycles. The van der Waals surface area contributed by atoms with E-state index in [9.17, 15) is 4.79 Å². The maximum absolute atomic E-state index is 11.8. The monoisotopic (exact) mass is 227 g/mol. The first kappa shape index (κ1) is 13.1. The highest BCUT2D eigenvalue weighted by atomic mass is 16.1. The zero-order valence-electron chi connectivity index (χ0n) is 10.3. The Morgan fingerprint density at radius 1 is 1.00 bits per heavy atom. The highest BCUT2D eigenvalue weighted by molar-refractivity contribution is 5.97. The molecule has 0 saturated carbocycles. The van der Waals surface area contributed by atoms with Crippen LogP contribution in [0, 0.1) is 0 Å². The lowest BCUT2D eigenvalue weighted by Crippen LogP contribution is -2.03. The van der Waals surface area contributed by atoms with Crippen molar-refractivity contribution >= 4 is 5.78 Å². The molecular weight excluding hydrogens is 210 g/mol. The fourth-order valence-corrected chi connectivity index (χ4v) is 1.42. The van der Waals surface area contributed by atoms with Crippen LogP contribution in [-0.4, -0.2) is 10.8 Å². The first-order valence-corrected chi connectivity index (χ1v) is 5.83. The Morgan fingerprint density at radius 2 is 1.59 bits per heavy atom. The van der Waals surface area contributed by atoms with Crippen molar-refractivity contribution in [2.24, 2.45) is 0 Å². The van der Waals surface area contributed by atoms with Crippen molar-refractivity contribution < 1.29 is 4.79 Å². The van der Waals surface area contributed by atoms with Gasteiger partial charge < -0.3 is 0 Å². The zero-order valence-corrected chi connectivity index (χ0v) is 10.3.